The summed E-state index contributed by atoms with van der Waals surface area (Å²) in [6.45, 7) is 2.23. The van der Waals surface area contributed by atoms with E-state index in [1.54, 1.807) is 6.92 Å². The van der Waals surface area contributed by atoms with E-state index >= 15 is 0 Å². The first kappa shape index (κ1) is 11.0. The first-order chi connectivity index (χ1) is 6.27. The lowest BCUT2D eigenvalue weighted by Crippen LogP contribution is -2.10. The van der Waals surface area contributed by atoms with Crippen molar-refractivity contribution in [2.45, 2.75) is 6.92 Å². The summed E-state index contributed by atoms with van der Waals surface area (Å²) in [6, 6.07) is 7.55. The number of halogens is 1. The van der Waals surface area contributed by atoms with E-state index in [0.29, 0.717) is 12.2 Å². The van der Waals surface area contributed by atoms with Gasteiger partial charge >= 0.3 is 24.2 Å². The lowest BCUT2D eigenvalue weighted by Gasteiger charge is -2.01. The zero-order valence-electron chi connectivity index (χ0n) is 7.42. The molecule has 4 heteroatoms. The lowest BCUT2D eigenvalue weighted by atomic mass is 10.2. The Balaban J connectivity index is 2.74. The van der Waals surface area contributed by atoms with Gasteiger partial charge < -0.3 is 4.74 Å². The van der Waals surface area contributed by atoms with Crippen molar-refractivity contribution >= 4 is 40.7 Å². The molecule has 0 radical (unpaired) electrons. The Morgan fingerprint density at radius 1 is 1.46 bits per heavy atom. The Labute approximate surface area is 93.3 Å². The fourth-order valence-electron chi connectivity index (χ4n) is 0.944. The van der Waals surface area contributed by atoms with Crippen LogP contribution < -0.4 is 3.69 Å². The number of hydrogen-bond donors (Lipinski definition) is 0. The monoisotopic (exact) mass is 252 g/mol. The summed E-state index contributed by atoms with van der Waals surface area (Å²) in [5.41, 5.74) is 0.626. The van der Waals surface area contributed by atoms with E-state index in [1.807, 2.05) is 24.3 Å². The van der Waals surface area contributed by atoms with Crippen molar-refractivity contribution in [2.24, 2.45) is 0 Å². The molecule has 0 unspecified atom stereocenters. The van der Waals surface area contributed by atoms with Crippen LogP contribution in [0.2, 0.25) is 0 Å². The Bertz CT molecular complexity index is 284. The first-order valence-electron chi connectivity index (χ1n) is 4.10. The highest BCUT2D eigenvalue weighted by Gasteiger charge is 2.05. The van der Waals surface area contributed by atoms with Crippen LogP contribution in [0.25, 0.3) is 0 Å². The topological polar surface area (TPSA) is 26.3 Å². The second-order valence-corrected chi connectivity index (χ2v) is 5.32. The van der Waals surface area contributed by atoms with Crippen LogP contribution in [0.15, 0.2) is 24.3 Å². The highest BCUT2D eigenvalue weighted by atomic mass is 79.9. The van der Waals surface area contributed by atoms with Crippen LogP contribution in [0.4, 0.5) is 0 Å². The first-order valence-corrected chi connectivity index (χ1v) is 8.70. The standard InChI is InChI=1S/C9H9O2.BrH.Mg/c1-2-11-9(10)8-6-4-3-5-7-8;;/h4-7H,2H2,1H3;1H;/q;;+1/p-1. The molecule has 1 rings (SSSR count). The van der Waals surface area contributed by atoms with E-state index < -0.39 is 0 Å². The summed E-state index contributed by atoms with van der Waals surface area (Å²) in [7, 11) is 0. The molecule has 0 aliphatic carbocycles. The SMILES string of the molecule is CCOC(=O)c1cc[c]([Mg][Br])cc1. The summed E-state index contributed by atoms with van der Waals surface area (Å²) >= 11 is 3.17. The Morgan fingerprint density at radius 3 is 2.54 bits per heavy atom. The molecular formula is C9H9BrMgO2. The van der Waals surface area contributed by atoms with Gasteiger partial charge in [-0.25, -0.2) is 4.79 Å². The normalized spacial score (nSPS) is 9.08. The molecule has 0 bridgehead atoms. The van der Waals surface area contributed by atoms with Crippen LogP contribution in [0.5, 0.6) is 0 Å². The molecule has 66 valence electrons. The smallest absolute Gasteiger partial charge is 0.462 e. The molecule has 0 aliphatic rings. The lowest BCUT2D eigenvalue weighted by molar-refractivity contribution is 0.0526. The summed E-state index contributed by atoms with van der Waals surface area (Å²) in [4.78, 5) is 11.2. The average molecular weight is 253 g/mol. The van der Waals surface area contributed by atoms with Gasteiger partial charge in [0.1, 0.15) is 0 Å². The van der Waals surface area contributed by atoms with Gasteiger partial charge in [0.05, 0.1) is 12.2 Å². The van der Waals surface area contributed by atoms with Crippen LogP contribution in [0.3, 0.4) is 0 Å². The van der Waals surface area contributed by atoms with Gasteiger partial charge in [-0.15, -0.1) is 0 Å². The number of esters is 1. The highest BCUT2D eigenvalue weighted by Crippen LogP contribution is 1.99. The second kappa shape index (κ2) is 5.62. The number of ether oxygens (including phenoxy) is 1. The summed E-state index contributed by atoms with van der Waals surface area (Å²) < 4.78 is 6.15. The fourth-order valence-corrected chi connectivity index (χ4v) is 2.48. The van der Waals surface area contributed by atoms with E-state index in [4.69, 9.17) is 4.74 Å². The Hall–Kier alpha value is -0.0638. The zero-order valence-corrected chi connectivity index (χ0v) is 10.4. The number of benzene rings is 1. The minimum absolute atomic E-state index is 0.245. The van der Waals surface area contributed by atoms with E-state index in [0.717, 1.165) is 0 Å². The van der Waals surface area contributed by atoms with Gasteiger partial charge in [-0.3, -0.25) is 12.9 Å². The third-order valence-corrected chi connectivity index (χ3v) is 4.34. The van der Waals surface area contributed by atoms with Crippen molar-refractivity contribution in [3.63, 3.8) is 0 Å². The minimum Gasteiger partial charge on any atom is -0.462 e. The quantitative estimate of drug-likeness (QED) is 0.603. The van der Waals surface area contributed by atoms with E-state index in [-0.39, 0.29) is 24.2 Å². The molecule has 0 saturated carbocycles. The third kappa shape index (κ3) is 3.29. The van der Waals surface area contributed by atoms with Crippen molar-refractivity contribution < 1.29 is 9.53 Å². The molecule has 1 aromatic rings. The third-order valence-electron chi connectivity index (χ3n) is 1.62. The number of rotatable bonds is 3. The molecule has 2 nitrogen and oxygen atoms in total. The molecular weight excluding hydrogens is 244 g/mol. The van der Waals surface area contributed by atoms with Crippen molar-refractivity contribution in [3.8, 4) is 0 Å². The van der Waals surface area contributed by atoms with E-state index in [9.17, 15) is 4.79 Å². The van der Waals surface area contributed by atoms with Crippen molar-refractivity contribution in [1.82, 2.24) is 0 Å². The maximum atomic E-state index is 11.2. The van der Waals surface area contributed by atoms with Gasteiger partial charge in [0.25, 0.3) is 0 Å². The summed E-state index contributed by atoms with van der Waals surface area (Å²) in [5, 5.41) is 0. The maximum absolute atomic E-state index is 11.2. The second-order valence-electron chi connectivity index (χ2n) is 2.55. The predicted octanol–water partition coefficient (Wildman–Crippen LogP) is 1.50. The molecule has 0 amide bonds. The molecule has 0 heterocycles. The predicted molar refractivity (Wildman–Crippen MR) is 56.7 cm³/mol. The molecule has 0 spiro atoms. The summed E-state index contributed by atoms with van der Waals surface area (Å²) in [5.74, 6) is -0.245. The van der Waals surface area contributed by atoms with Gasteiger partial charge in [0.2, 0.25) is 0 Å². The largest absolute Gasteiger partial charge is 0.506 e. The fraction of sp³-hybridized carbons (Fsp3) is 0.222. The van der Waals surface area contributed by atoms with E-state index in [2.05, 4.69) is 12.9 Å². The molecule has 0 atom stereocenters. The van der Waals surface area contributed by atoms with Gasteiger partial charge in [0.15, 0.2) is 0 Å². The van der Waals surface area contributed by atoms with E-state index in [1.165, 1.54) is 3.69 Å². The minimum atomic E-state index is -0.300. The van der Waals surface area contributed by atoms with Gasteiger partial charge in [0, 0.05) is 0 Å². The Kier molecular flexibility index (Phi) is 4.76. The van der Waals surface area contributed by atoms with Gasteiger partial charge in [-0.2, -0.15) is 3.69 Å². The molecule has 0 aliphatic heterocycles. The van der Waals surface area contributed by atoms with Crippen LogP contribution >= 0.6 is 12.9 Å². The molecule has 0 saturated heterocycles. The van der Waals surface area contributed by atoms with Crippen molar-refractivity contribution in [1.29, 1.82) is 0 Å². The number of carbonyl (C=O) groups excluding carboxylic acids is 1. The van der Waals surface area contributed by atoms with Crippen molar-refractivity contribution in [3.05, 3.63) is 29.8 Å². The van der Waals surface area contributed by atoms with Gasteiger partial charge in [-0.05, 0) is 19.1 Å². The number of hydrogen-bond acceptors (Lipinski definition) is 2. The molecule has 1 aromatic carbocycles. The van der Waals surface area contributed by atoms with Crippen LogP contribution in [0.1, 0.15) is 17.3 Å². The molecule has 0 aromatic heterocycles. The zero-order chi connectivity index (χ0) is 9.68. The van der Waals surface area contributed by atoms with Gasteiger partial charge in [-0.1, -0.05) is 12.1 Å². The van der Waals surface area contributed by atoms with Crippen LogP contribution in [-0.2, 0) is 4.74 Å². The number of carbonyl (C=O) groups is 1. The van der Waals surface area contributed by atoms with Crippen LogP contribution in [-0.4, -0.2) is 30.8 Å². The van der Waals surface area contributed by atoms with Crippen molar-refractivity contribution in [2.75, 3.05) is 6.61 Å². The molecule has 0 N–H and O–H groups in total. The maximum Gasteiger partial charge on any atom is 0.506 e. The van der Waals surface area contributed by atoms with Crippen LogP contribution in [0, 0.1) is 0 Å². The molecule has 13 heavy (non-hydrogen) atoms. The average Bonchev–Trinajstić information content (AvgIpc) is 2.18. The Morgan fingerprint density at radius 2 is 2.08 bits per heavy atom. The highest BCUT2D eigenvalue weighted by molar-refractivity contribution is 9.23. The molecule has 0 fully saturated rings. The summed E-state index contributed by atoms with van der Waals surface area (Å²) in [6.07, 6.45) is 0.